The minimum Gasteiger partial charge on any atom is -0.482 e. The zero-order valence-corrected chi connectivity index (χ0v) is 12.8. The molecule has 5 heteroatoms. The Hall–Kier alpha value is -2.14. The Morgan fingerprint density at radius 3 is 2.62 bits per heavy atom. The van der Waals surface area contributed by atoms with Crippen molar-refractivity contribution in [2.24, 2.45) is 0 Å². The molecule has 0 spiro atoms. The van der Waals surface area contributed by atoms with Crippen LogP contribution in [0.2, 0.25) is 0 Å². The SMILES string of the molecule is O=Cc1cccc(Br)c1OCC(=O)NCc1ccccc1. The summed E-state index contributed by atoms with van der Waals surface area (Å²) < 4.78 is 6.06. The second-order valence-electron chi connectivity index (χ2n) is 4.33. The van der Waals surface area contributed by atoms with E-state index in [4.69, 9.17) is 4.74 Å². The van der Waals surface area contributed by atoms with Crippen molar-refractivity contribution < 1.29 is 14.3 Å². The Morgan fingerprint density at radius 1 is 1.14 bits per heavy atom. The van der Waals surface area contributed by atoms with Gasteiger partial charge < -0.3 is 10.1 Å². The van der Waals surface area contributed by atoms with Crippen LogP contribution in [0.3, 0.4) is 0 Å². The lowest BCUT2D eigenvalue weighted by molar-refractivity contribution is -0.123. The lowest BCUT2D eigenvalue weighted by Gasteiger charge is -2.10. The molecule has 0 saturated heterocycles. The van der Waals surface area contributed by atoms with Gasteiger partial charge in [-0.1, -0.05) is 36.4 Å². The largest absolute Gasteiger partial charge is 0.482 e. The third kappa shape index (κ3) is 4.43. The van der Waals surface area contributed by atoms with Crippen LogP contribution in [-0.4, -0.2) is 18.8 Å². The molecule has 21 heavy (non-hydrogen) atoms. The van der Waals surface area contributed by atoms with Gasteiger partial charge in [0.05, 0.1) is 10.0 Å². The van der Waals surface area contributed by atoms with Crippen LogP contribution in [0.4, 0.5) is 0 Å². The van der Waals surface area contributed by atoms with Gasteiger partial charge in [-0.05, 0) is 33.6 Å². The van der Waals surface area contributed by atoms with Crippen molar-refractivity contribution >= 4 is 28.1 Å². The first-order chi connectivity index (χ1) is 10.2. The normalized spacial score (nSPS) is 9.95. The predicted molar refractivity (Wildman–Crippen MR) is 83.3 cm³/mol. The number of hydrogen-bond acceptors (Lipinski definition) is 3. The van der Waals surface area contributed by atoms with E-state index >= 15 is 0 Å². The van der Waals surface area contributed by atoms with E-state index in [1.807, 2.05) is 30.3 Å². The van der Waals surface area contributed by atoms with Crippen LogP contribution in [-0.2, 0) is 11.3 Å². The van der Waals surface area contributed by atoms with Gasteiger partial charge in [-0.25, -0.2) is 0 Å². The second kappa shape index (κ2) is 7.59. The third-order valence-corrected chi connectivity index (χ3v) is 3.43. The number of benzene rings is 2. The molecule has 0 aliphatic heterocycles. The van der Waals surface area contributed by atoms with Crippen molar-refractivity contribution in [1.82, 2.24) is 5.32 Å². The first-order valence-electron chi connectivity index (χ1n) is 6.38. The number of carbonyl (C=O) groups is 2. The fourth-order valence-electron chi connectivity index (χ4n) is 1.76. The Kier molecular flexibility index (Phi) is 5.51. The summed E-state index contributed by atoms with van der Waals surface area (Å²) in [5, 5.41) is 2.76. The van der Waals surface area contributed by atoms with E-state index < -0.39 is 0 Å². The predicted octanol–water partition coefficient (Wildman–Crippen LogP) is 2.96. The van der Waals surface area contributed by atoms with E-state index in [-0.39, 0.29) is 12.5 Å². The average molecular weight is 348 g/mol. The summed E-state index contributed by atoms with van der Waals surface area (Å²) in [4.78, 5) is 22.7. The topological polar surface area (TPSA) is 55.4 Å². The molecule has 2 rings (SSSR count). The Labute approximate surface area is 131 Å². The maximum absolute atomic E-state index is 11.8. The molecule has 0 atom stereocenters. The van der Waals surface area contributed by atoms with Crippen molar-refractivity contribution in [1.29, 1.82) is 0 Å². The van der Waals surface area contributed by atoms with E-state index in [2.05, 4.69) is 21.2 Å². The van der Waals surface area contributed by atoms with Crippen LogP contribution in [0, 0.1) is 0 Å². The number of halogens is 1. The monoisotopic (exact) mass is 347 g/mol. The molecule has 0 aromatic heterocycles. The van der Waals surface area contributed by atoms with Crippen LogP contribution in [0.15, 0.2) is 53.0 Å². The average Bonchev–Trinajstić information content (AvgIpc) is 2.52. The Morgan fingerprint density at radius 2 is 1.90 bits per heavy atom. The molecule has 1 N–H and O–H groups in total. The molecule has 2 aromatic rings. The summed E-state index contributed by atoms with van der Waals surface area (Å²) in [6.45, 7) is 0.301. The lowest BCUT2D eigenvalue weighted by atomic mass is 10.2. The van der Waals surface area contributed by atoms with Crippen molar-refractivity contribution in [2.45, 2.75) is 6.54 Å². The third-order valence-electron chi connectivity index (χ3n) is 2.80. The number of para-hydroxylation sites is 1. The number of aldehydes is 1. The van der Waals surface area contributed by atoms with Gasteiger partial charge in [0.15, 0.2) is 12.9 Å². The zero-order chi connectivity index (χ0) is 15.1. The minimum absolute atomic E-state index is 0.143. The molecule has 0 radical (unpaired) electrons. The molecule has 1 amide bonds. The molecule has 108 valence electrons. The minimum atomic E-state index is -0.244. The fraction of sp³-hybridized carbons (Fsp3) is 0.125. The maximum atomic E-state index is 11.8. The van der Waals surface area contributed by atoms with Crippen molar-refractivity contribution in [3.63, 3.8) is 0 Å². The van der Waals surface area contributed by atoms with Crippen LogP contribution in [0.1, 0.15) is 15.9 Å². The number of rotatable bonds is 6. The summed E-state index contributed by atoms with van der Waals surface area (Å²) in [6, 6.07) is 14.7. The van der Waals surface area contributed by atoms with Gasteiger partial charge in [-0.2, -0.15) is 0 Å². The molecule has 0 bridgehead atoms. The molecular weight excluding hydrogens is 334 g/mol. The quantitative estimate of drug-likeness (QED) is 0.817. The lowest BCUT2D eigenvalue weighted by Crippen LogP contribution is -2.28. The van der Waals surface area contributed by atoms with Gasteiger partial charge in [-0.3, -0.25) is 9.59 Å². The highest BCUT2D eigenvalue weighted by atomic mass is 79.9. The van der Waals surface area contributed by atoms with E-state index in [0.29, 0.717) is 28.6 Å². The Balaban J connectivity index is 1.88. The summed E-state index contributed by atoms with van der Waals surface area (Å²) in [5.41, 5.74) is 1.42. The second-order valence-corrected chi connectivity index (χ2v) is 5.18. The zero-order valence-electron chi connectivity index (χ0n) is 11.2. The van der Waals surface area contributed by atoms with Gasteiger partial charge in [0.1, 0.15) is 5.75 Å². The van der Waals surface area contributed by atoms with Gasteiger partial charge in [0, 0.05) is 6.54 Å². The van der Waals surface area contributed by atoms with Crippen LogP contribution >= 0.6 is 15.9 Å². The van der Waals surface area contributed by atoms with Gasteiger partial charge >= 0.3 is 0 Å². The summed E-state index contributed by atoms with van der Waals surface area (Å²) in [6.07, 6.45) is 0.696. The highest BCUT2D eigenvalue weighted by molar-refractivity contribution is 9.10. The molecule has 0 unspecified atom stereocenters. The smallest absolute Gasteiger partial charge is 0.258 e. The van der Waals surface area contributed by atoms with Crippen LogP contribution in [0.5, 0.6) is 5.75 Å². The first kappa shape index (κ1) is 15.3. The van der Waals surface area contributed by atoms with Gasteiger partial charge in [0.25, 0.3) is 5.91 Å². The number of hydrogen-bond donors (Lipinski definition) is 1. The van der Waals surface area contributed by atoms with E-state index in [0.717, 1.165) is 5.56 Å². The molecule has 0 saturated carbocycles. The molecular formula is C16H14BrNO3. The summed E-state index contributed by atoms with van der Waals surface area (Å²) >= 11 is 3.30. The molecule has 2 aromatic carbocycles. The Bertz CT molecular complexity index is 629. The van der Waals surface area contributed by atoms with Crippen molar-refractivity contribution in [3.8, 4) is 5.75 Å². The van der Waals surface area contributed by atoms with Gasteiger partial charge in [-0.15, -0.1) is 0 Å². The highest BCUT2D eigenvalue weighted by Crippen LogP contribution is 2.27. The molecule has 4 nitrogen and oxygen atoms in total. The molecule has 0 aliphatic rings. The van der Waals surface area contributed by atoms with Crippen molar-refractivity contribution in [2.75, 3.05) is 6.61 Å². The fourth-order valence-corrected chi connectivity index (χ4v) is 2.25. The summed E-state index contributed by atoms with van der Waals surface area (Å²) in [5.74, 6) is 0.133. The van der Waals surface area contributed by atoms with E-state index in [9.17, 15) is 9.59 Å². The number of ether oxygens (including phenoxy) is 1. The molecule has 0 aliphatic carbocycles. The summed E-state index contributed by atoms with van der Waals surface area (Å²) in [7, 11) is 0. The van der Waals surface area contributed by atoms with Gasteiger partial charge in [0.2, 0.25) is 0 Å². The van der Waals surface area contributed by atoms with E-state index in [1.54, 1.807) is 18.2 Å². The first-order valence-corrected chi connectivity index (χ1v) is 7.17. The molecule has 0 fully saturated rings. The maximum Gasteiger partial charge on any atom is 0.258 e. The number of amides is 1. The van der Waals surface area contributed by atoms with Crippen LogP contribution < -0.4 is 10.1 Å². The van der Waals surface area contributed by atoms with Crippen LogP contribution in [0.25, 0.3) is 0 Å². The highest BCUT2D eigenvalue weighted by Gasteiger charge is 2.09. The standard InChI is InChI=1S/C16H14BrNO3/c17-14-8-4-7-13(10-19)16(14)21-11-15(20)18-9-12-5-2-1-3-6-12/h1-8,10H,9,11H2,(H,18,20). The number of nitrogens with one attached hydrogen (secondary N) is 1. The van der Waals surface area contributed by atoms with E-state index in [1.165, 1.54) is 0 Å². The van der Waals surface area contributed by atoms with Crippen molar-refractivity contribution in [3.05, 3.63) is 64.1 Å². The number of carbonyl (C=O) groups excluding carboxylic acids is 2. The molecule has 0 heterocycles.